The van der Waals surface area contributed by atoms with E-state index in [0.717, 1.165) is 22.3 Å². The fourth-order valence-electron chi connectivity index (χ4n) is 3.83. The van der Waals surface area contributed by atoms with E-state index in [1.165, 1.54) is 0 Å². The Morgan fingerprint density at radius 1 is 0.667 bits per heavy atom. The van der Waals surface area contributed by atoms with Gasteiger partial charge < -0.3 is 20.5 Å². The van der Waals surface area contributed by atoms with Crippen LogP contribution in [0.15, 0.2) is 109 Å². The highest BCUT2D eigenvalue weighted by molar-refractivity contribution is 5.81. The molecule has 36 heavy (non-hydrogen) atoms. The quantitative estimate of drug-likeness (QED) is 0.297. The normalized spacial score (nSPS) is 11.5. The highest BCUT2D eigenvalue weighted by atomic mass is 16.5. The average molecular weight is 481 g/mol. The Morgan fingerprint density at radius 2 is 1.19 bits per heavy atom. The van der Waals surface area contributed by atoms with Crippen LogP contribution in [0.5, 0.6) is 11.5 Å². The van der Waals surface area contributed by atoms with Crippen LogP contribution in [0.2, 0.25) is 0 Å². The van der Waals surface area contributed by atoms with Crippen molar-refractivity contribution in [3.63, 3.8) is 0 Å². The monoisotopic (exact) mass is 480 g/mol. The van der Waals surface area contributed by atoms with Crippen LogP contribution < -0.4 is 20.5 Å². The van der Waals surface area contributed by atoms with Crippen LogP contribution in [0.25, 0.3) is 0 Å². The average Bonchev–Trinajstić information content (AvgIpc) is 2.93. The predicted octanol–water partition coefficient (Wildman–Crippen LogP) is 5.07. The van der Waals surface area contributed by atoms with Crippen molar-refractivity contribution in [3.05, 3.63) is 131 Å². The molecular formula is C31H32N2O3. The lowest BCUT2D eigenvalue weighted by molar-refractivity contribution is -0.122. The predicted molar refractivity (Wildman–Crippen MR) is 143 cm³/mol. The molecule has 3 N–H and O–H groups in total. The van der Waals surface area contributed by atoms with Crippen LogP contribution in [-0.2, 0) is 30.8 Å². The molecule has 0 aliphatic heterocycles. The maximum absolute atomic E-state index is 12.5. The van der Waals surface area contributed by atoms with E-state index in [2.05, 4.69) is 5.32 Å². The van der Waals surface area contributed by atoms with Gasteiger partial charge >= 0.3 is 0 Å². The molecule has 4 aromatic carbocycles. The van der Waals surface area contributed by atoms with Crippen LogP contribution in [0.1, 0.15) is 22.3 Å². The summed E-state index contributed by atoms with van der Waals surface area (Å²) in [4.78, 5) is 12.5. The van der Waals surface area contributed by atoms with Crippen molar-refractivity contribution in [3.8, 4) is 11.5 Å². The largest absolute Gasteiger partial charge is 0.485 e. The molecule has 0 aliphatic rings. The Morgan fingerprint density at radius 3 is 1.78 bits per heavy atom. The van der Waals surface area contributed by atoms with E-state index >= 15 is 0 Å². The number of nitrogens with one attached hydrogen (secondary N) is 1. The molecule has 0 saturated heterocycles. The molecule has 184 valence electrons. The summed E-state index contributed by atoms with van der Waals surface area (Å²) < 4.78 is 12.2. The molecule has 0 radical (unpaired) electrons. The third kappa shape index (κ3) is 7.72. The van der Waals surface area contributed by atoms with Gasteiger partial charge in [-0.3, -0.25) is 4.79 Å². The summed E-state index contributed by atoms with van der Waals surface area (Å²) in [7, 11) is 0. The van der Waals surface area contributed by atoms with Gasteiger partial charge in [-0.15, -0.1) is 0 Å². The minimum Gasteiger partial charge on any atom is -0.485 e. The van der Waals surface area contributed by atoms with Gasteiger partial charge in [-0.1, -0.05) is 97.1 Å². The Bertz CT molecular complexity index is 1210. The molecule has 0 aromatic heterocycles. The number of carbonyl (C=O) groups is 1. The summed E-state index contributed by atoms with van der Waals surface area (Å²) in [5, 5.41) is 2.95. The van der Waals surface area contributed by atoms with E-state index in [9.17, 15) is 4.79 Å². The van der Waals surface area contributed by atoms with Crippen LogP contribution in [0.3, 0.4) is 0 Å². The minimum absolute atomic E-state index is 0.151. The van der Waals surface area contributed by atoms with Gasteiger partial charge in [0.05, 0.1) is 6.04 Å². The highest BCUT2D eigenvalue weighted by Crippen LogP contribution is 2.30. The van der Waals surface area contributed by atoms with E-state index in [1.807, 2.05) is 109 Å². The standard InChI is InChI=1S/C31H32N2O3/c32-28(20-24-10-4-1-5-11-24)31(34)33-19-18-25-16-17-29(35-22-26-12-6-2-7-13-26)30(21-25)36-23-27-14-8-3-9-15-27/h1-17,21,28H,18-20,22-23,32H2,(H,33,34). The molecule has 1 unspecified atom stereocenters. The number of nitrogens with two attached hydrogens (primary N) is 1. The number of benzene rings is 4. The molecule has 0 aliphatic carbocycles. The van der Waals surface area contributed by atoms with E-state index in [1.54, 1.807) is 0 Å². The molecule has 0 fully saturated rings. The fraction of sp³-hybridized carbons (Fsp3) is 0.194. The van der Waals surface area contributed by atoms with Gasteiger partial charge in [0.15, 0.2) is 11.5 Å². The van der Waals surface area contributed by atoms with E-state index in [0.29, 0.717) is 44.1 Å². The van der Waals surface area contributed by atoms with Gasteiger partial charge in [0.25, 0.3) is 0 Å². The molecule has 0 heterocycles. The Balaban J connectivity index is 1.36. The molecule has 0 spiro atoms. The number of rotatable bonds is 12. The first-order valence-corrected chi connectivity index (χ1v) is 12.2. The topological polar surface area (TPSA) is 73.6 Å². The summed E-state index contributed by atoms with van der Waals surface area (Å²) in [6, 6.07) is 35.2. The molecule has 4 aromatic rings. The molecule has 1 atom stereocenters. The molecular weight excluding hydrogens is 448 g/mol. The van der Waals surface area contributed by atoms with Gasteiger partial charge in [-0.25, -0.2) is 0 Å². The maximum Gasteiger partial charge on any atom is 0.237 e. The van der Waals surface area contributed by atoms with E-state index in [-0.39, 0.29) is 5.91 Å². The molecule has 5 heteroatoms. The van der Waals surface area contributed by atoms with Crippen molar-refractivity contribution in [2.75, 3.05) is 6.54 Å². The van der Waals surface area contributed by atoms with Crippen LogP contribution >= 0.6 is 0 Å². The number of hydrogen-bond donors (Lipinski definition) is 2. The summed E-state index contributed by atoms with van der Waals surface area (Å²) >= 11 is 0. The lowest BCUT2D eigenvalue weighted by atomic mass is 10.1. The van der Waals surface area contributed by atoms with Crippen molar-refractivity contribution in [2.45, 2.75) is 32.1 Å². The van der Waals surface area contributed by atoms with Gasteiger partial charge in [0.1, 0.15) is 13.2 Å². The van der Waals surface area contributed by atoms with Gasteiger partial charge in [-0.2, -0.15) is 0 Å². The Kier molecular flexibility index (Phi) is 9.12. The lowest BCUT2D eigenvalue weighted by Gasteiger charge is -2.15. The summed E-state index contributed by atoms with van der Waals surface area (Å²) in [5.41, 5.74) is 10.4. The number of amides is 1. The number of ether oxygens (including phenoxy) is 2. The van der Waals surface area contributed by atoms with Crippen molar-refractivity contribution < 1.29 is 14.3 Å². The fourth-order valence-corrected chi connectivity index (χ4v) is 3.83. The number of hydrogen-bond acceptors (Lipinski definition) is 4. The third-order valence-corrected chi connectivity index (χ3v) is 5.83. The van der Waals surface area contributed by atoms with Crippen LogP contribution in [-0.4, -0.2) is 18.5 Å². The zero-order valence-corrected chi connectivity index (χ0v) is 20.3. The Labute approximate surface area is 212 Å². The second-order valence-corrected chi connectivity index (χ2v) is 8.67. The smallest absolute Gasteiger partial charge is 0.237 e. The van der Waals surface area contributed by atoms with Gasteiger partial charge in [0.2, 0.25) is 5.91 Å². The highest BCUT2D eigenvalue weighted by Gasteiger charge is 2.14. The van der Waals surface area contributed by atoms with Crippen molar-refractivity contribution >= 4 is 5.91 Å². The molecule has 1 amide bonds. The van der Waals surface area contributed by atoms with E-state index in [4.69, 9.17) is 15.2 Å². The zero-order valence-electron chi connectivity index (χ0n) is 20.3. The summed E-state index contributed by atoms with van der Waals surface area (Å²) in [5.74, 6) is 1.22. The van der Waals surface area contributed by atoms with Crippen molar-refractivity contribution in [2.24, 2.45) is 5.73 Å². The summed E-state index contributed by atoms with van der Waals surface area (Å²) in [6.45, 7) is 1.39. The van der Waals surface area contributed by atoms with Crippen molar-refractivity contribution in [1.82, 2.24) is 5.32 Å². The summed E-state index contributed by atoms with van der Waals surface area (Å²) in [6.07, 6.45) is 1.17. The first kappa shape index (κ1) is 25.0. The SMILES string of the molecule is NC(Cc1ccccc1)C(=O)NCCc1ccc(OCc2ccccc2)c(OCc2ccccc2)c1. The lowest BCUT2D eigenvalue weighted by Crippen LogP contribution is -2.42. The second-order valence-electron chi connectivity index (χ2n) is 8.67. The first-order chi connectivity index (χ1) is 17.7. The van der Waals surface area contributed by atoms with Gasteiger partial charge in [-0.05, 0) is 47.2 Å². The zero-order chi connectivity index (χ0) is 25.0. The second kappa shape index (κ2) is 13.1. The third-order valence-electron chi connectivity index (χ3n) is 5.83. The molecule has 0 saturated carbocycles. The molecule has 4 rings (SSSR count). The Hall–Kier alpha value is -4.09. The first-order valence-electron chi connectivity index (χ1n) is 12.2. The number of carbonyl (C=O) groups excluding carboxylic acids is 1. The maximum atomic E-state index is 12.5. The molecule has 0 bridgehead atoms. The van der Waals surface area contributed by atoms with Crippen LogP contribution in [0.4, 0.5) is 0 Å². The van der Waals surface area contributed by atoms with Gasteiger partial charge in [0, 0.05) is 6.54 Å². The minimum atomic E-state index is -0.578. The van der Waals surface area contributed by atoms with Crippen molar-refractivity contribution in [1.29, 1.82) is 0 Å². The molecule has 5 nitrogen and oxygen atoms in total. The van der Waals surface area contributed by atoms with E-state index < -0.39 is 6.04 Å². The van der Waals surface area contributed by atoms with Crippen LogP contribution in [0, 0.1) is 0 Å².